The summed E-state index contributed by atoms with van der Waals surface area (Å²) in [7, 11) is 0. The van der Waals surface area contributed by atoms with Crippen LogP contribution in [-0.4, -0.2) is 43.8 Å². The van der Waals surface area contributed by atoms with E-state index in [0.29, 0.717) is 23.1 Å². The predicted octanol–water partition coefficient (Wildman–Crippen LogP) is 8.51. The molecule has 1 saturated heterocycles. The number of nitrogens with zero attached hydrogens (tertiary/aromatic N) is 5. The molecule has 1 unspecified atom stereocenters. The molecule has 3 heterocycles. The number of alkyl halides is 3. The minimum Gasteiger partial charge on any atom is -0.355 e. The first-order valence-electron chi connectivity index (χ1n) is 14.8. The van der Waals surface area contributed by atoms with Crippen molar-refractivity contribution in [1.29, 1.82) is 0 Å². The van der Waals surface area contributed by atoms with E-state index in [1.54, 1.807) is 24.3 Å². The van der Waals surface area contributed by atoms with Crippen LogP contribution in [0, 0.1) is 0 Å². The molecular formula is C32H39ClF3N7. The monoisotopic (exact) mass is 613 g/mol. The maximum Gasteiger partial charge on any atom is 0.453 e. The van der Waals surface area contributed by atoms with E-state index in [-0.39, 0.29) is 16.9 Å². The van der Waals surface area contributed by atoms with E-state index in [4.69, 9.17) is 11.6 Å². The number of aromatic nitrogens is 4. The van der Waals surface area contributed by atoms with Crippen LogP contribution in [0.5, 0.6) is 0 Å². The number of fused-ring (bicyclic) bond motifs is 1. The quantitative estimate of drug-likeness (QED) is 0.151. The van der Waals surface area contributed by atoms with Crippen LogP contribution in [-0.2, 0) is 19.0 Å². The maximum absolute atomic E-state index is 13.7. The largest absolute Gasteiger partial charge is 0.453 e. The van der Waals surface area contributed by atoms with Gasteiger partial charge in [0.1, 0.15) is 5.15 Å². The Morgan fingerprint density at radius 3 is 2.42 bits per heavy atom. The number of anilines is 3. The molecule has 2 N–H and O–H groups in total. The van der Waals surface area contributed by atoms with E-state index < -0.39 is 12.0 Å². The predicted molar refractivity (Wildman–Crippen MR) is 168 cm³/mol. The van der Waals surface area contributed by atoms with Crippen molar-refractivity contribution < 1.29 is 13.2 Å². The lowest BCUT2D eigenvalue weighted by Gasteiger charge is -2.25. The first kappa shape index (κ1) is 32.3. The van der Waals surface area contributed by atoms with Crippen molar-refractivity contribution >= 4 is 28.9 Å². The van der Waals surface area contributed by atoms with Gasteiger partial charge in [0.25, 0.3) is 5.82 Å². The molecule has 3 aromatic rings. The number of rotatable bonds is 8. The number of aryl methyl sites for hydroxylation is 2. The highest BCUT2D eigenvalue weighted by molar-refractivity contribution is 6.29. The van der Waals surface area contributed by atoms with E-state index >= 15 is 0 Å². The van der Waals surface area contributed by atoms with Gasteiger partial charge in [-0.25, -0.2) is 4.98 Å². The summed E-state index contributed by atoms with van der Waals surface area (Å²) in [5.74, 6) is -1.32. The molecule has 230 valence electrons. The number of benzene rings is 1. The molecule has 0 amide bonds. The van der Waals surface area contributed by atoms with Crippen molar-refractivity contribution in [2.75, 3.05) is 23.7 Å². The van der Waals surface area contributed by atoms with Gasteiger partial charge in [0.2, 0.25) is 5.95 Å². The summed E-state index contributed by atoms with van der Waals surface area (Å²) >= 11 is 6.28. The lowest BCUT2D eigenvalue weighted by molar-refractivity contribution is -0.144. The molecule has 1 fully saturated rings. The topological polar surface area (TPSA) is 70.9 Å². The van der Waals surface area contributed by atoms with E-state index in [0.717, 1.165) is 30.4 Å². The Bertz CT molecular complexity index is 1460. The standard InChI is InChI=1S/C30H33ClF3N7.C2H6/c1-3-5-8-22(4-2)35-24-18-26(31)37-27(19-24)41-29(38-28(39-41)30(32,33)34)36-23-12-9-20-10-13-25(14-11-21(20)17-23)40-15-6-7-16-40;1-2/h3-5,8-9,12,17-19,25H,2,6-7,10-11,13-16H2,1H3,(H,35,37)(H,36,38,39);1-2H3/b5-3-,22-8+;. The summed E-state index contributed by atoms with van der Waals surface area (Å²) < 4.78 is 42.2. The summed E-state index contributed by atoms with van der Waals surface area (Å²) in [6, 6.07) is 9.63. The fourth-order valence-corrected chi connectivity index (χ4v) is 5.64. The molecular weight excluding hydrogens is 575 g/mol. The van der Waals surface area contributed by atoms with Crippen LogP contribution in [0.25, 0.3) is 5.82 Å². The van der Waals surface area contributed by atoms with Crippen LogP contribution in [0.4, 0.5) is 30.5 Å². The SMILES string of the molecule is C=C/C(=C\C=C/C)Nc1cc(Cl)nc(-n2nc(C(F)(F)F)nc2Nc2ccc3c(c2)CCC(N2CCCC2)CC3)c1.CC. The van der Waals surface area contributed by atoms with E-state index in [1.165, 1.54) is 37.1 Å². The van der Waals surface area contributed by atoms with Crippen LogP contribution in [0.3, 0.4) is 0 Å². The molecule has 5 rings (SSSR count). The Kier molecular flexibility index (Phi) is 11.0. The van der Waals surface area contributed by atoms with Gasteiger partial charge in [0, 0.05) is 29.2 Å². The van der Waals surface area contributed by atoms with E-state index in [9.17, 15) is 13.2 Å². The number of nitrogens with one attached hydrogen (secondary N) is 2. The van der Waals surface area contributed by atoms with Crippen LogP contribution in [0.1, 0.15) is 63.4 Å². The maximum atomic E-state index is 13.7. The van der Waals surface area contributed by atoms with Crippen LogP contribution >= 0.6 is 11.6 Å². The normalized spacial score (nSPS) is 17.7. The lowest BCUT2D eigenvalue weighted by atomic mass is 10.0. The summed E-state index contributed by atoms with van der Waals surface area (Å²) in [6.07, 6.45) is 8.99. The van der Waals surface area contributed by atoms with Gasteiger partial charge in [-0.05, 0) is 100 Å². The minimum atomic E-state index is -4.75. The zero-order chi connectivity index (χ0) is 31.0. The van der Waals surface area contributed by atoms with Gasteiger partial charge in [0.05, 0.1) is 0 Å². The van der Waals surface area contributed by atoms with Gasteiger partial charge in [-0.2, -0.15) is 22.8 Å². The third-order valence-corrected chi connectivity index (χ3v) is 7.64. The van der Waals surface area contributed by atoms with Gasteiger partial charge in [0.15, 0.2) is 5.82 Å². The third kappa shape index (κ3) is 8.26. The Morgan fingerprint density at radius 2 is 1.74 bits per heavy atom. The number of halogens is 4. The number of hydrogen-bond acceptors (Lipinski definition) is 6. The molecule has 0 radical (unpaired) electrons. The van der Waals surface area contributed by atoms with Crippen molar-refractivity contribution in [2.24, 2.45) is 0 Å². The van der Waals surface area contributed by atoms with Crippen LogP contribution in [0.2, 0.25) is 5.15 Å². The molecule has 0 saturated carbocycles. The summed E-state index contributed by atoms with van der Waals surface area (Å²) in [5.41, 5.74) is 4.29. The molecule has 1 aliphatic heterocycles. The average Bonchev–Trinajstić information content (AvgIpc) is 3.63. The molecule has 7 nitrogen and oxygen atoms in total. The number of allylic oxidation sites excluding steroid dienone is 4. The smallest absolute Gasteiger partial charge is 0.355 e. The molecule has 2 aliphatic rings. The summed E-state index contributed by atoms with van der Waals surface area (Å²) in [4.78, 5) is 10.6. The summed E-state index contributed by atoms with van der Waals surface area (Å²) in [5, 5.41) is 10.0. The lowest BCUT2D eigenvalue weighted by Crippen LogP contribution is -2.32. The number of hydrogen-bond donors (Lipinski definition) is 2. The number of likely N-dealkylation sites (tertiary alicyclic amines) is 1. The highest BCUT2D eigenvalue weighted by Gasteiger charge is 2.37. The van der Waals surface area contributed by atoms with Crippen LogP contribution in [0.15, 0.2) is 66.9 Å². The van der Waals surface area contributed by atoms with Gasteiger partial charge < -0.3 is 15.5 Å². The Balaban J connectivity index is 0.00000207. The molecule has 11 heteroatoms. The molecule has 0 spiro atoms. The Hall–Kier alpha value is -3.63. The van der Waals surface area contributed by atoms with Gasteiger partial charge in [-0.15, -0.1) is 5.10 Å². The zero-order valence-electron chi connectivity index (χ0n) is 24.9. The van der Waals surface area contributed by atoms with Gasteiger partial charge in [-0.1, -0.05) is 50.2 Å². The molecule has 43 heavy (non-hydrogen) atoms. The Morgan fingerprint density at radius 1 is 1.02 bits per heavy atom. The molecule has 1 aliphatic carbocycles. The molecule has 2 aromatic heterocycles. The Labute approximate surface area is 256 Å². The van der Waals surface area contributed by atoms with E-state index in [1.807, 2.05) is 45.1 Å². The van der Waals surface area contributed by atoms with Crippen molar-refractivity contribution in [3.8, 4) is 5.82 Å². The second-order valence-corrected chi connectivity index (χ2v) is 10.7. The van der Waals surface area contributed by atoms with Crippen molar-refractivity contribution in [2.45, 2.75) is 71.5 Å². The zero-order valence-corrected chi connectivity index (χ0v) is 25.6. The summed E-state index contributed by atoms with van der Waals surface area (Å²) in [6.45, 7) is 12.0. The second-order valence-electron chi connectivity index (χ2n) is 10.3. The average molecular weight is 614 g/mol. The van der Waals surface area contributed by atoms with Gasteiger partial charge >= 0.3 is 6.18 Å². The molecule has 0 bridgehead atoms. The fourth-order valence-electron chi connectivity index (χ4n) is 5.43. The third-order valence-electron chi connectivity index (χ3n) is 7.45. The minimum absolute atomic E-state index is 0.0724. The number of pyridine rings is 1. The second kappa shape index (κ2) is 14.7. The highest BCUT2D eigenvalue weighted by atomic mass is 35.5. The fraction of sp³-hybridized carbons (Fsp3) is 0.406. The van der Waals surface area contributed by atoms with Crippen molar-refractivity contribution in [1.82, 2.24) is 24.6 Å². The van der Waals surface area contributed by atoms with Crippen molar-refractivity contribution in [3.63, 3.8) is 0 Å². The molecule has 1 atom stereocenters. The first-order valence-corrected chi connectivity index (χ1v) is 15.2. The first-order chi connectivity index (χ1) is 20.7. The van der Waals surface area contributed by atoms with Crippen molar-refractivity contribution in [3.05, 3.63) is 89.0 Å². The highest BCUT2D eigenvalue weighted by Crippen LogP contribution is 2.32. The van der Waals surface area contributed by atoms with Gasteiger partial charge in [-0.3, -0.25) is 0 Å². The van der Waals surface area contributed by atoms with E-state index in [2.05, 4.69) is 43.2 Å². The molecule has 1 aromatic carbocycles. The van der Waals surface area contributed by atoms with Crippen LogP contribution < -0.4 is 10.6 Å².